The molecular weight excluding hydrogens is 280 g/mol. The van der Waals surface area contributed by atoms with Crippen molar-refractivity contribution in [3.05, 3.63) is 28.2 Å². The molecule has 1 rings (SSSR count). The Morgan fingerprint density at radius 2 is 2.24 bits per heavy atom. The third kappa shape index (κ3) is 4.48. The second-order valence-corrected chi connectivity index (χ2v) is 5.14. The number of aryl methyl sites for hydroxylation is 1. The van der Waals surface area contributed by atoms with Crippen molar-refractivity contribution < 1.29 is 4.79 Å². The highest BCUT2D eigenvalue weighted by Crippen LogP contribution is 2.20. The van der Waals surface area contributed by atoms with Crippen LogP contribution in [0.25, 0.3) is 0 Å². The van der Waals surface area contributed by atoms with Gasteiger partial charge in [-0.3, -0.25) is 4.79 Å². The normalized spacial score (nSPS) is 12.2. The van der Waals surface area contributed by atoms with E-state index in [2.05, 4.69) is 28.2 Å². The van der Waals surface area contributed by atoms with Crippen molar-refractivity contribution in [2.24, 2.45) is 11.7 Å². The topological polar surface area (TPSA) is 55.1 Å². The smallest absolute Gasteiger partial charge is 0.224 e. The predicted molar refractivity (Wildman–Crippen MR) is 75.0 cm³/mol. The molecule has 0 aliphatic rings. The van der Waals surface area contributed by atoms with Gasteiger partial charge in [-0.1, -0.05) is 29.3 Å². The molecule has 4 heteroatoms. The summed E-state index contributed by atoms with van der Waals surface area (Å²) < 4.78 is 1.02. The maximum Gasteiger partial charge on any atom is 0.224 e. The third-order valence-electron chi connectivity index (χ3n) is 2.85. The van der Waals surface area contributed by atoms with E-state index in [9.17, 15) is 4.79 Å². The third-order valence-corrected chi connectivity index (χ3v) is 3.34. The van der Waals surface area contributed by atoms with Crippen LogP contribution in [0.4, 0.5) is 5.69 Å². The zero-order valence-corrected chi connectivity index (χ0v) is 11.9. The molecule has 17 heavy (non-hydrogen) atoms. The first-order valence-corrected chi connectivity index (χ1v) is 6.62. The Labute approximate surface area is 111 Å². The molecule has 1 amide bonds. The zero-order valence-electron chi connectivity index (χ0n) is 10.3. The number of rotatable bonds is 5. The van der Waals surface area contributed by atoms with Gasteiger partial charge in [0.2, 0.25) is 5.91 Å². The number of nitrogens with one attached hydrogen (secondary N) is 1. The molecule has 3 nitrogen and oxygen atoms in total. The molecule has 0 spiro atoms. The highest BCUT2D eigenvalue weighted by Gasteiger charge is 2.11. The summed E-state index contributed by atoms with van der Waals surface area (Å²) in [5.74, 6) is 0.304. The van der Waals surface area contributed by atoms with Crippen molar-refractivity contribution in [3.63, 3.8) is 0 Å². The van der Waals surface area contributed by atoms with E-state index in [-0.39, 0.29) is 11.8 Å². The lowest BCUT2D eigenvalue weighted by Crippen LogP contribution is -2.22. The lowest BCUT2D eigenvalue weighted by Gasteiger charge is -2.13. The van der Waals surface area contributed by atoms with Crippen molar-refractivity contribution in [2.75, 3.05) is 11.9 Å². The van der Waals surface area contributed by atoms with Gasteiger partial charge >= 0.3 is 0 Å². The fourth-order valence-corrected chi connectivity index (χ4v) is 2.10. The summed E-state index contributed by atoms with van der Waals surface area (Å²) in [6, 6.07) is 5.80. The van der Waals surface area contributed by atoms with Gasteiger partial charge in [0.1, 0.15) is 0 Å². The summed E-state index contributed by atoms with van der Waals surface area (Å²) in [6.45, 7) is 4.58. The number of amides is 1. The van der Waals surface area contributed by atoms with Crippen LogP contribution in [-0.4, -0.2) is 12.5 Å². The monoisotopic (exact) mass is 298 g/mol. The van der Waals surface area contributed by atoms with E-state index in [0.29, 0.717) is 13.0 Å². The highest BCUT2D eigenvalue weighted by molar-refractivity contribution is 9.10. The molecule has 0 aromatic heterocycles. The molecule has 1 aromatic carbocycles. The molecule has 0 saturated carbocycles. The van der Waals surface area contributed by atoms with Crippen LogP contribution in [0.5, 0.6) is 0 Å². The maximum atomic E-state index is 11.8. The molecular formula is C13H19BrN2O. The molecule has 1 atom stereocenters. The summed E-state index contributed by atoms with van der Waals surface area (Å²) in [6.07, 6.45) is 1.42. The second kappa shape index (κ2) is 6.77. The molecule has 0 fully saturated rings. The Kier molecular flexibility index (Phi) is 5.65. The van der Waals surface area contributed by atoms with Crippen molar-refractivity contribution in [2.45, 2.75) is 26.7 Å². The molecule has 0 aliphatic carbocycles. The van der Waals surface area contributed by atoms with E-state index in [1.54, 1.807) is 0 Å². The van der Waals surface area contributed by atoms with Crippen LogP contribution in [0.2, 0.25) is 0 Å². The average molecular weight is 299 g/mol. The van der Waals surface area contributed by atoms with E-state index >= 15 is 0 Å². The van der Waals surface area contributed by atoms with Crippen molar-refractivity contribution in [3.8, 4) is 0 Å². The van der Waals surface area contributed by atoms with Crippen LogP contribution in [0.15, 0.2) is 22.7 Å². The summed E-state index contributed by atoms with van der Waals surface area (Å²) in [5.41, 5.74) is 7.50. The van der Waals surface area contributed by atoms with Gasteiger partial charge in [-0.2, -0.15) is 0 Å². The van der Waals surface area contributed by atoms with E-state index in [0.717, 1.165) is 22.1 Å². The Morgan fingerprint density at radius 1 is 1.53 bits per heavy atom. The van der Waals surface area contributed by atoms with Gasteiger partial charge in [0.05, 0.1) is 0 Å². The van der Waals surface area contributed by atoms with E-state index in [4.69, 9.17) is 5.73 Å². The van der Waals surface area contributed by atoms with Gasteiger partial charge in [0, 0.05) is 16.6 Å². The lowest BCUT2D eigenvalue weighted by molar-refractivity contribution is -0.117. The first-order chi connectivity index (χ1) is 8.06. The molecule has 0 heterocycles. The maximum absolute atomic E-state index is 11.8. The molecule has 1 unspecified atom stereocenters. The van der Waals surface area contributed by atoms with Gasteiger partial charge < -0.3 is 11.1 Å². The van der Waals surface area contributed by atoms with Crippen LogP contribution < -0.4 is 11.1 Å². The average Bonchev–Trinajstić information content (AvgIpc) is 2.29. The quantitative estimate of drug-likeness (QED) is 0.878. The highest BCUT2D eigenvalue weighted by atomic mass is 79.9. The van der Waals surface area contributed by atoms with E-state index in [1.165, 1.54) is 0 Å². The summed E-state index contributed by atoms with van der Waals surface area (Å²) in [4.78, 5) is 11.8. The van der Waals surface area contributed by atoms with Gasteiger partial charge in [-0.25, -0.2) is 0 Å². The number of benzene rings is 1. The van der Waals surface area contributed by atoms with Gasteiger partial charge in [0.15, 0.2) is 0 Å². The molecule has 0 saturated heterocycles. The molecule has 0 radical (unpaired) electrons. The van der Waals surface area contributed by atoms with E-state index < -0.39 is 0 Å². The van der Waals surface area contributed by atoms with Crippen LogP contribution in [0, 0.1) is 12.8 Å². The predicted octanol–water partition coefficient (Wildman–Crippen LogP) is 3.07. The summed E-state index contributed by atoms with van der Waals surface area (Å²) in [7, 11) is 0. The van der Waals surface area contributed by atoms with Crippen LogP contribution >= 0.6 is 15.9 Å². The number of halogens is 1. The first kappa shape index (κ1) is 14.2. The number of carbonyl (C=O) groups excluding carboxylic acids is 1. The van der Waals surface area contributed by atoms with Gasteiger partial charge in [-0.05, 0) is 43.1 Å². The fourth-order valence-electron chi connectivity index (χ4n) is 1.63. The number of nitrogens with two attached hydrogens (primary N) is 1. The minimum atomic E-state index is 0.0349. The molecule has 0 bridgehead atoms. The summed E-state index contributed by atoms with van der Waals surface area (Å²) in [5, 5.41) is 2.92. The SMILES string of the molecule is CCC(CN)CC(=O)Nc1ccc(Br)cc1C. The van der Waals surface area contributed by atoms with Gasteiger partial charge in [0.25, 0.3) is 0 Å². The minimum absolute atomic E-state index is 0.0349. The van der Waals surface area contributed by atoms with Gasteiger partial charge in [-0.15, -0.1) is 0 Å². The van der Waals surface area contributed by atoms with E-state index in [1.807, 2.05) is 25.1 Å². The second-order valence-electron chi connectivity index (χ2n) is 4.22. The molecule has 94 valence electrons. The summed E-state index contributed by atoms with van der Waals surface area (Å²) >= 11 is 3.40. The zero-order chi connectivity index (χ0) is 12.8. The number of anilines is 1. The molecule has 3 N–H and O–H groups in total. The fraction of sp³-hybridized carbons (Fsp3) is 0.462. The van der Waals surface area contributed by atoms with Crippen molar-refractivity contribution >= 4 is 27.5 Å². The largest absolute Gasteiger partial charge is 0.330 e. The van der Waals surface area contributed by atoms with Crippen LogP contribution in [0.1, 0.15) is 25.3 Å². The number of hydrogen-bond acceptors (Lipinski definition) is 2. The molecule has 1 aromatic rings. The lowest BCUT2D eigenvalue weighted by atomic mass is 10.0. The van der Waals surface area contributed by atoms with Crippen molar-refractivity contribution in [1.29, 1.82) is 0 Å². The van der Waals surface area contributed by atoms with Crippen LogP contribution in [-0.2, 0) is 4.79 Å². The minimum Gasteiger partial charge on any atom is -0.330 e. The number of hydrogen-bond donors (Lipinski definition) is 2. The Bertz CT molecular complexity index is 389. The Hall–Kier alpha value is -0.870. The molecule has 0 aliphatic heterocycles. The number of carbonyl (C=O) groups is 1. The van der Waals surface area contributed by atoms with Crippen LogP contribution in [0.3, 0.4) is 0 Å². The first-order valence-electron chi connectivity index (χ1n) is 5.82. The van der Waals surface area contributed by atoms with Crippen molar-refractivity contribution in [1.82, 2.24) is 0 Å². The Morgan fingerprint density at radius 3 is 2.76 bits per heavy atom. The standard InChI is InChI=1S/C13H19BrN2O/c1-3-10(8-15)7-13(17)16-12-5-4-11(14)6-9(12)2/h4-6,10H,3,7-8,15H2,1-2H3,(H,16,17). The Balaban J connectivity index is 2.62.